The average Bonchev–Trinajstić information content (AvgIpc) is 2.75. The Morgan fingerprint density at radius 3 is 1.94 bits per heavy atom. The van der Waals surface area contributed by atoms with E-state index in [0.29, 0.717) is 0 Å². The highest BCUT2D eigenvalue weighted by Crippen LogP contribution is 2.42. The molecule has 0 heterocycles. The number of nitrogens with zero attached hydrogens (tertiary/aromatic N) is 1. The summed E-state index contributed by atoms with van der Waals surface area (Å²) in [4.78, 5) is 2.54. The smallest absolute Gasteiger partial charge is 0.110 e. The number of nitrogens with one attached hydrogen (secondary N) is 1. The van der Waals surface area contributed by atoms with Gasteiger partial charge in [-0.3, -0.25) is 0 Å². The van der Waals surface area contributed by atoms with Crippen molar-refractivity contribution in [3.05, 3.63) is 78.5 Å². The van der Waals surface area contributed by atoms with Gasteiger partial charge in [-0.25, -0.2) is 0 Å². The van der Waals surface area contributed by atoms with E-state index in [1.165, 1.54) is 11.1 Å². The molecule has 0 bridgehead atoms. The summed E-state index contributed by atoms with van der Waals surface area (Å²) in [6, 6.07) is 20.2. The Labute approximate surface area is 204 Å². The molecule has 2 nitrogen and oxygen atoms in total. The first kappa shape index (κ1) is 27.0. The summed E-state index contributed by atoms with van der Waals surface area (Å²) >= 11 is 0. The molecule has 2 rings (SSSR count). The van der Waals surface area contributed by atoms with Crippen LogP contribution in [0.3, 0.4) is 0 Å². The molecule has 33 heavy (non-hydrogen) atoms. The van der Waals surface area contributed by atoms with Crippen LogP contribution in [0.1, 0.15) is 98.2 Å². The van der Waals surface area contributed by atoms with Crippen LogP contribution in [0.4, 0.5) is 5.69 Å². The van der Waals surface area contributed by atoms with E-state index in [0.717, 1.165) is 37.8 Å². The van der Waals surface area contributed by atoms with Crippen LogP contribution < -0.4 is 5.32 Å². The molecule has 2 aromatic carbocycles. The SMILES string of the molecule is C=CN(C(CCC(C)(C)C)c1ccc(CC)cc1)C(CC)(CC(C)(C)C)Nc1ccccc1. The fraction of sp³-hybridized carbons (Fsp3) is 0.548. The third-order valence-electron chi connectivity index (χ3n) is 6.53. The van der Waals surface area contributed by atoms with Gasteiger partial charge in [0.2, 0.25) is 0 Å². The molecular formula is C31H48N2. The quantitative estimate of drug-likeness (QED) is 0.345. The molecule has 0 amide bonds. The Morgan fingerprint density at radius 2 is 1.48 bits per heavy atom. The van der Waals surface area contributed by atoms with Crippen LogP contribution in [0.15, 0.2) is 67.4 Å². The minimum atomic E-state index is -0.243. The summed E-state index contributed by atoms with van der Waals surface area (Å²) in [5.41, 5.74) is 4.11. The summed E-state index contributed by atoms with van der Waals surface area (Å²) in [5.74, 6) is 0. The van der Waals surface area contributed by atoms with E-state index in [1.54, 1.807) is 0 Å². The molecule has 0 fully saturated rings. The Hall–Kier alpha value is -2.22. The van der Waals surface area contributed by atoms with Crippen LogP contribution >= 0.6 is 0 Å². The van der Waals surface area contributed by atoms with Crippen LogP contribution in [0.2, 0.25) is 0 Å². The van der Waals surface area contributed by atoms with Crippen LogP contribution in [0.25, 0.3) is 0 Å². The summed E-state index contributed by atoms with van der Waals surface area (Å²) < 4.78 is 0. The van der Waals surface area contributed by atoms with Gasteiger partial charge in [0.25, 0.3) is 0 Å². The second kappa shape index (κ2) is 11.3. The second-order valence-corrected chi connectivity index (χ2v) is 11.9. The molecule has 0 saturated carbocycles. The van der Waals surface area contributed by atoms with Gasteiger partial charge in [0.05, 0.1) is 6.04 Å². The Kier molecular flexibility index (Phi) is 9.23. The number of aryl methyl sites for hydroxylation is 1. The lowest BCUT2D eigenvalue weighted by Crippen LogP contribution is -2.55. The first-order valence-corrected chi connectivity index (χ1v) is 12.8. The average molecular weight is 449 g/mol. The molecule has 0 radical (unpaired) electrons. The Morgan fingerprint density at radius 1 is 0.879 bits per heavy atom. The zero-order valence-electron chi connectivity index (χ0n) is 22.5. The lowest BCUT2D eigenvalue weighted by Gasteiger charge is -2.51. The molecule has 182 valence electrons. The van der Waals surface area contributed by atoms with E-state index >= 15 is 0 Å². The normalized spacial score (nSPS) is 14.9. The fourth-order valence-electron chi connectivity index (χ4n) is 4.88. The standard InChI is InChI=1S/C31H48N2/c1-10-25-18-20-26(21-19-25)28(22-23-29(4,5)6)33(12-3)31(11-2,24-30(7,8)9)32-27-16-14-13-15-17-27/h12-21,28,32H,3,10-11,22-24H2,1-2,4-9H3. The van der Waals surface area contributed by atoms with Crippen molar-refractivity contribution in [3.63, 3.8) is 0 Å². The molecule has 2 unspecified atom stereocenters. The van der Waals surface area contributed by atoms with Crippen molar-refractivity contribution in [2.45, 2.75) is 99.2 Å². The number of hydrogen-bond acceptors (Lipinski definition) is 2. The molecule has 0 spiro atoms. The highest BCUT2D eigenvalue weighted by Gasteiger charge is 2.41. The molecule has 0 aliphatic rings. The van der Waals surface area contributed by atoms with Gasteiger partial charge in [0, 0.05) is 5.69 Å². The van der Waals surface area contributed by atoms with E-state index < -0.39 is 0 Å². The fourth-order valence-corrected chi connectivity index (χ4v) is 4.88. The number of anilines is 1. The number of para-hydroxylation sites is 1. The van der Waals surface area contributed by atoms with E-state index in [9.17, 15) is 0 Å². The monoisotopic (exact) mass is 448 g/mol. The van der Waals surface area contributed by atoms with E-state index in [1.807, 2.05) is 0 Å². The molecule has 0 saturated heterocycles. The van der Waals surface area contributed by atoms with E-state index in [4.69, 9.17) is 0 Å². The topological polar surface area (TPSA) is 15.3 Å². The molecular weight excluding hydrogens is 400 g/mol. The second-order valence-electron chi connectivity index (χ2n) is 11.9. The highest BCUT2D eigenvalue weighted by molar-refractivity contribution is 5.45. The molecule has 2 heteroatoms. The molecule has 2 atom stereocenters. The first-order valence-electron chi connectivity index (χ1n) is 12.8. The van der Waals surface area contributed by atoms with Crippen LogP contribution in [-0.4, -0.2) is 10.6 Å². The van der Waals surface area contributed by atoms with Gasteiger partial charge in [-0.1, -0.05) is 104 Å². The van der Waals surface area contributed by atoms with Gasteiger partial charge >= 0.3 is 0 Å². The van der Waals surface area contributed by atoms with Gasteiger partial charge < -0.3 is 10.2 Å². The highest BCUT2D eigenvalue weighted by atomic mass is 15.3. The molecule has 0 aliphatic heterocycles. The number of benzene rings is 2. The third kappa shape index (κ3) is 7.95. The Bertz CT molecular complexity index is 839. The maximum Gasteiger partial charge on any atom is 0.110 e. The minimum absolute atomic E-state index is 0.152. The number of rotatable bonds is 11. The van der Waals surface area contributed by atoms with Gasteiger partial charge in [-0.15, -0.1) is 0 Å². The molecule has 0 aliphatic carbocycles. The lowest BCUT2D eigenvalue weighted by molar-refractivity contribution is 0.0639. The lowest BCUT2D eigenvalue weighted by atomic mass is 9.80. The minimum Gasteiger partial charge on any atom is -0.363 e. The largest absolute Gasteiger partial charge is 0.363 e. The van der Waals surface area contributed by atoms with Crippen molar-refractivity contribution in [2.24, 2.45) is 10.8 Å². The van der Waals surface area contributed by atoms with Crippen molar-refractivity contribution in [2.75, 3.05) is 5.32 Å². The molecule has 2 aromatic rings. The number of hydrogen-bond donors (Lipinski definition) is 1. The van der Waals surface area contributed by atoms with Crippen molar-refractivity contribution >= 4 is 5.69 Å². The summed E-state index contributed by atoms with van der Waals surface area (Å²) in [7, 11) is 0. The van der Waals surface area contributed by atoms with Crippen LogP contribution in [0.5, 0.6) is 0 Å². The van der Waals surface area contributed by atoms with Gasteiger partial charge in [-0.05, 0) is 72.4 Å². The van der Waals surface area contributed by atoms with Crippen molar-refractivity contribution in [1.82, 2.24) is 4.90 Å². The van der Waals surface area contributed by atoms with Crippen molar-refractivity contribution < 1.29 is 0 Å². The van der Waals surface area contributed by atoms with Crippen LogP contribution in [0, 0.1) is 10.8 Å². The maximum atomic E-state index is 4.36. The van der Waals surface area contributed by atoms with Gasteiger partial charge in [-0.2, -0.15) is 0 Å². The Balaban J connectivity index is 2.59. The van der Waals surface area contributed by atoms with Gasteiger partial charge in [0.15, 0.2) is 0 Å². The maximum absolute atomic E-state index is 4.36. The van der Waals surface area contributed by atoms with Gasteiger partial charge in [0.1, 0.15) is 5.66 Å². The van der Waals surface area contributed by atoms with E-state index in [-0.39, 0.29) is 22.5 Å². The van der Waals surface area contributed by atoms with Crippen LogP contribution in [-0.2, 0) is 6.42 Å². The summed E-state index contributed by atoms with van der Waals surface area (Å²) in [5, 5.41) is 3.97. The predicted octanol–water partition coefficient (Wildman–Crippen LogP) is 9.22. The summed E-state index contributed by atoms with van der Waals surface area (Å²) in [6.07, 6.45) is 7.38. The van der Waals surface area contributed by atoms with E-state index in [2.05, 4.69) is 133 Å². The third-order valence-corrected chi connectivity index (χ3v) is 6.53. The molecule has 1 N–H and O–H groups in total. The predicted molar refractivity (Wildman–Crippen MR) is 146 cm³/mol. The van der Waals surface area contributed by atoms with Crippen molar-refractivity contribution in [3.8, 4) is 0 Å². The molecule has 0 aromatic heterocycles. The first-order chi connectivity index (χ1) is 15.4. The summed E-state index contributed by atoms with van der Waals surface area (Å²) in [6.45, 7) is 22.9. The zero-order valence-corrected chi connectivity index (χ0v) is 22.5. The van der Waals surface area contributed by atoms with Crippen molar-refractivity contribution in [1.29, 1.82) is 0 Å². The zero-order chi connectivity index (χ0) is 24.7.